The zero-order valence-electron chi connectivity index (χ0n) is 2.54. The summed E-state index contributed by atoms with van der Waals surface area (Å²) >= 11 is 0. The Bertz CT molecular complexity index is 7.51. The Balaban J connectivity index is 0. The smallest absolute Gasteiger partial charge is 0 e. The van der Waals surface area contributed by atoms with Gasteiger partial charge in [-0.05, 0) is 0 Å². The second-order valence-corrected chi connectivity index (χ2v) is 0. The van der Waals surface area contributed by atoms with E-state index in [2.05, 4.69) is 0 Å². The van der Waals surface area contributed by atoms with E-state index in [1.807, 2.05) is 0 Å². The normalized spacial score (nSPS) is 0. The van der Waals surface area contributed by atoms with Crippen LogP contribution in [0.1, 0.15) is 0 Å². The molecule has 0 rings (SSSR count). The first-order valence-electron chi connectivity index (χ1n) is 0. The fourth-order valence-electron chi connectivity index (χ4n) is 0. The Morgan fingerprint density at radius 1 is 0.500 bits per heavy atom. The predicted octanol–water partition coefficient (Wildman–Crippen LogP) is 1.68. The van der Waals surface area contributed by atoms with E-state index in [1.54, 1.807) is 0 Å². The Morgan fingerprint density at radius 2 is 0.500 bits per heavy atom. The zero-order valence-corrected chi connectivity index (χ0v) is 8.64. The largest absolute Gasteiger partial charge is 0.147 e. The van der Waals surface area contributed by atoms with Crippen LogP contribution in [-0.4, -0.2) is 0 Å². The molecule has 6 heteroatoms. The monoisotopic (exact) mass is 244 g/mol. The summed E-state index contributed by atoms with van der Waals surface area (Å²) in [4.78, 5) is 0. The maximum atomic E-state index is 0. The van der Waals surface area contributed by atoms with Gasteiger partial charge in [0.05, 0.1) is 0 Å². The molecule has 0 saturated carbocycles. The molecule has 0 aromatic rings. The Hall–Kier alpha value is 2.41. The van der Waals surface area contributed by atoms with Gasteiger partial charge < -0.3 is 0 Å². The Morgan fingerprint density at radius 3 is 0.500 bits per heavy atom. The summed E-state index contributed by atoms with van der Waals surface area (Å²) < 4.78 is 0. The van der Waals surface area contributed by atoms with E-state index in [0.29, 0.717) is 0 Å². The van der Waals surface area contributed by atoms with Crippen LogP contribution in [0.15, 0.2) is 0 Å². The second-order valence-electron chi connectivity index (χ2n) is 0. The van der Waals surface area contributed by atoms with Crippen molar-refractivity contribution in [2.75, 3.05) is 0 Å². The van der Waals surface area contributed by atoms with Gasteiger partial charge in [-0.25, -0.2) is 0 Å². The van der Waals surface area contributed by atoms with Crippen LogP contribution in [-0.2, 0) is 39.1 Å². The first-order valence-corrected chi connectivity index (χ1v) is 0. The fraction of sp³-hybridized carbons (Fsp3) is 0. The number of hydrogen-bond acceptors (Lipinski definition) is 0. The minimum Gasteiger partial charge on any atom is -0.147 e. The number of rotatable bonds is 0. The Kier molecular flexibility index (Phi) is 696. The van der Waals surface area contributed by atoms with E-state index in [9.17, 15) is 0 Å². The first-order chi connectivity index (χ1) is 0. The fourth-order valence-corrected chi connectivity index (χ4v) is 0. The summed E-state index contributed by atoms with van der Waals surface area (Å²) in [5.41, 5.74) is 0. The molecule has 0 aliphatic carbocycles. The van der Waals surface area contributed by atoms with Gasteiger partial charge in [0.25, 0.3) is 0 Å². The molecule has 0 aromatic heterocycles. The summed E-state index contributed by atoms with van der Waals surface area (Å²) in [6, 6.07) is 0. The number of halogens is 4. The third kappa shape index (κ3) is 32.3. The minimum atomic E-state index is 0. The molecule has 0 saturated heterocycles. The first kappa shape index (κ1) is 79.6. The molecule has 0 spiro atoms. The van der Waals surface area contributed by atoms with Crippen molar-refractivity contribution in [2.45, 2.75) is 0 Å². The van der Waals surface area contributed by atoms with Crippen LogP contribution < -0.4 is 0 Å². The summed E-state index contributed by atoms with van der Waals surface area (Å²) in [5.74, 6) is 0. The van der Waals surface area contributed by atoms with E-state index in [-0.39, 0.29) is 88.7 Å². The molecule has 0 atom stereocenters. The van der Waals surface area contributed by atoms with Crippen molar-refractivity contribution in [1.82, 2.24) is 0 Å². The van der Waals surface area contributed by atoms with Crippen LogP contribution in [0.5, 0.6) is 0 Å². The van der Waals surface area contributed by atoms with E-state index < -0.39 is 0 Å². The van der Waals surface area contributed by atoms with Gasteiger partial charge in [0, 0.05) is 39.1 Å². The molecule has 0 fully saturated rings. The molecular weight excluding hydrogens is 242 g/mol. The van der Waals surface area contributed by atoms with Gasteiger partial charge in [-0.15, -0.1) is 49.6 Å². The quantitative estimate of drug-likeness (QED) is 0.570. The maximum Gasteiger partial charge on any atom is 0 e. The standard InChI is InChI=1S/4ClH.Cr.Ti/h4*1H;;. The summed E-state index contributed by atoms with van der Waals surface area (Å²) in [6.45, 7) is 0. The molecular formula is H4Cl4CrTi. The van der Waals surface area contributed by atoms with Gasteiger partial charge in [-0.3, -0.25) is 0 Å². The molecule has 0 nitrogen and oxygen atoms in total. The van der Waals surface area contributed by atoms with Gasteiger partial charge in [0.1, 0.15) is 0 Å². The summed E-state index contributed by atoms with van der Waals surface area (Å²) in [7, 11) is 0. The van der Waals surface area contributed by atoms with Crippen LogP contribution in [0.3, 0.4) is 0 Å². The molecule has 0 amide bonds. The van der Waals surface area contributed by atoms with E-state index >= 15 is 0 Å². The molecule has 0 radical (unpaired) electrons. The maximum absolute atomic E-state index is 0. The number of hydrogen-bond donors (Lipinski definition) is 0. The minimum absolute atomic E-state index is 0. The van der Waals surface area contributed by atoms with Gasteiger partial charge in [-0.1, -0.05) is 0 Å². The molecule has 42 valence electrons. The van der Waals surface area contributed by atoms with Crippen molar-refractivity contribution in [2.24, 2.45) is 0 Å². The van der Waals surface area contributed by atoms with E-state index in [4.69, 9.17) is 0 Å². The summed E-state index contributed by atoms with van der Waals surface area (Å²) in [5, 5.41) is 0. The van der Waals surface area contributed by atoms with E-state index in [0.717, 1.165) is 0 Å². The molecule has 0 bridgehead atoms. The second kappa shape index (κ2) is 52.5. The van der Waals surface area contributed by atoms with Crippen molar-refractivity contribution >= 4 is 49.6 Å². The molecule has 6 heavy (non-hydrogen) atoms. The van der Waals surface area contributed by atoms with Crippen LogP contribution in [0.4, 0.5) is 0 Å². The Labute approximate surface area is 87.9 Å². The van der Waals surface area contributed by atoms with Crippen molar-refractivity contribution < 1.29 is 39.1 Å². The van der Waals surface area contributed by atoms with Gasteiger partial charge in [0.2, 0.25) is 0 Å². The summed E-state index contributed by atoms with van der Waals surface area (Å²) in [6.07, 6.45) is 0. The topological polar surface area (TPSA) is 0 Å². The van der Waals surface area contributed by atoms with Crippen LogP contribution in [0, 0.1) is 0 Å². The molecule has 0 aliphatic heterocycles. The molecule has 0 unspecified atom stereocenters. The van der Waals surface area contributed by atoms with Crippen LogP contribution >= 0.6 is 49.6 Å². The third-order valence-corrected chi connectivity index (χ3v) is 0. The zero-order chi connectivity index (χ0) is 0. The third-order valence-electron chi connectivity index (χ3n) is 0. The van der Waals surface area contributed by atoms with Crippen molar-refractivity contribution in [1.29, 1.82) is 0 Å². The molecule has 0 heterocycles. The van der Waals surface area contributed by atoms with E-state index in [1.165, 1.54) is 0 Å². The molecule has 0 aromatic carbocycles. The van der Waals surface area contributed by atoms with Gasteiger partial charge in [-0.2, -0.15) is 0 Å². The van der Waals surface area contributed by atoms with Gasteiger partial charge in [0.15, 0.2) is 0 Å². The van der Waals surface area contributed by atoms with Crippen molar-refractivity contribution in [3.05, 3.63) is 0 Å². The van der Waals surface area contributed by atoms with Crippen molar-refractivity contribution in [3.8, 4) is 0 Å². The molecule has 0 N–H and O–H groups in total. The SMILES string of the molecule is Cl.Cl.Cl.Cl.[Cr].[Ti]. The van der Waals surface area contributed by atoms with Crippen LogP contribution in [0.2, 0.25) is 0 Å². The average Bonchev–Trinajstić information content (AvgIpc) is 0. The van der Waals surface area contributed by atoms with Gasteiger partial charge >= 0.3 is 0 Å². The van der Waals surface area contributed by atoms with Crippen molar-refractivity contribution in [3.63, 3.8) is 0 Å². The molecule has 0 aliphatic rings. The van der Waals surface area contributed by atoms with Crippen LogP contribution in [0.25, 0.3) is 0 Å². The average molecular weight is 246 g/mol. The predicted molar refractivity (Wildman–Crippen MR) is 29.0 cm³/mol.